The molecule has 0 bridgehead atoms. The van der Waals surface area contributed by atoms with Crippen LogP contribution < -0.4 is 0 Å². The number of rotatable bonds is 2. The van der Waals surface area contributed by atoms with Gasteiger partial charge >= 0.3 is 0 Å². The first-order valence-corrected chi connectivity index (χ1v) is 6.99. The minimum atomic E-state index is 0.552. The molecule has 0 amide bonds. The van der Waals surface area contributed by atoms with Crippen LogP contribution in [0.15, 0.2) is 48.9 Å². The monoisotopic (exact) mass is 290 g/mol. The summed E-state index contributed by atoms with van der Waals surface area (Å²) < 4.78 is 3.63. The van der Waals surface area contributed by atoms with Gasteiger partial charge in [-0.3, -0.25) is 0 Å². The normalized spacial score (nSPS) is 11.2. The fraction of sp³-hybridized carbons (Fsp3) is 0.125. The Bertz CT molecular complexity index is 951. The largest absolute Gasteiger partial charge is 0.318 e. The molecule has 6 heteroatoms. The molecule has 0 N–H and O–H groups in total. The van der Waals surface area contributed by atoms with Crippen molar-refractivity contribution in [1.29, 1.82) is 0 Å². The zero-order valence-electron chi connectivity index (χ0n) is 12.3. The number of benzene rings is 1. The summed E-state index contributed by atoms with van der Waals surface area (Å²) in [7, 11) is 1.91. The molecular formula is C16H14N6. The molecule has 0 radical (unpaired) electrons. The third-order valence-corrected chi connectivity index (χ3v) is 3.59. The molecule has 0 fully saturated rings. The maximum Gasteiger partial charge on any atom is 0.252 e. The molecule has 0 aliphatic heterocycles. The number of fused-ring (bicyclic) bond motifs is 1. The van der Waals surface area contributed by atoms with Crippen molar-refractivity contribution < 1.29 is 0 Å². The van der Waals surface area contributed by atoms with E-state index in [9.17, 15) is 0 Å². The van der Waals surface area contributed by atoms with Crippen LogP contribution in [0.4, 0.5) is 0 Å². The van der Waals surface area contributed by atoms with Crippen molar-refractivity contribution >= 4 is 11.2 Å². The van der Waals surface area contributed by atoms with Crippen molar-refractivity contribution in [2.45, 2.75) is 6.92 Å². The zero-order chi connectivity index (χ0) is 15.1. The first kappa shape index (κ1) is 12.7. The lowest BCUT2D eigenvalue weighted by molar-refractivity contribution is 0.786. The minimum absolute atomic E-state index is 0.552. The van der Waals surface area contributed by atoms with Gasteiger partial charge < -0.3 is 4.57 Å². The minimum Gasteiger partial charge on any atom is -0.318 e. The van der Waals surface area contributed by atoms with E-state index in [0.29, 0.717) is 5.95 Å². The topological polar surface area (TPSA) is 61.4 Å². The maximum atomic E-state index is 4.63. The SMILES string of the molecule is Cc1cc(-c2ccccc2)nn1-c1ncc2ncn(C)c2n1. The number of hydrogen-bond donors (Lipinski definition) is 0. The molecule has 0 aliphatic rings. The molecule has 0 saturated heterocycles. The van der Waals surface area contributed by atoms with E-state index in [0.717, 1.165) is 28.1 Å². The van der Waals surface area contributed by atoms with Gasteiger partial charge in [0.2, 0.25) is 0 Å². The predicted molar refractivity (Wildman–Crippen MR) is 83.6 cm³/mol. The molecule has 3 heterocycles. The first-order chi connectivity index (χ1) is 10.7. The molecule has 6 nitrogen and oxygen atoms in total. The average Bonchev–Trinajstić information content (AvgIpc) is 3.12. The fourth-order valence-electron chi connectivity index (χ4n) is 2.44. The molecule has 3 aromatic heterocycles. The summed E-state index contributed by atoms with van der Waals surface area (Å²) in [6.45, 7) is 2.00. The molecule has 4 rings (SSSR count). The Hall–Kier alpha value is -3.02. The molecule has 0 spiro atoms. The van der Waals surface area contributed by atoms with Crippen LogP contribution in [0.5, 0.6) is 0 Å². The van der Waals surface area contributed by atoms with Crippen LogP contribution in [-0.2, 0) is 7.05 Å². The Morgan fingerprint density at radius 1 is 1.05 bits per heavy atom. The third kappa shape index (κ3) is 1.96. The average molecular weight is 290 g/mol. The second kappa shape index (κ2) is 4.77. The molecule has 4 aromatic rings. The first-order valence-electron chi connectivity index (χ1n) is 6.99. The summed E-state index contributed by atoms with van der Waals surface area (Å²) >= 11 is 0. The predicted octanol–water partition coefficient (Wildman–Crippen LogP) is 2.52. The lowest BCUT2D eigenvalue weighted by atomic mass is 10.1. The van der Waals surface area contributed by atoms with Gasteiger partial charge in [0.05, 0.1) is 18.2 Å². The van der Waals surface area contributed by atoms with E-state index in [-0.39, 0.29) is 0 Å². The number of aryl methyl sites for hydroxylation is 2. The van der Waals surface area contributed by atoms with Crippen LogP contribution in [0.2, 0.25) is 0 Å². The van der Waals surface area contributed by atoms with Crippen molar-refractivity contribution in [3.05, 3.63) is 54.6 Å². The van der Waals surface area contributed by atoms with Crippen LogP contribution in [0, 0.1) is 6.92 Å². The lowest BCUT2D eigenvalue weighted by Crippen LogP contribution is -2.05. The Balaban J connectivity index is 1.84. The smallest absolute Gasteiger partial charge is 0.252 e. The number of hydrogen-bond acceptors (Lipinski definition) is 4. The Labute approximate surface area is 127 Å². The summed E-state index contributed by atoms with van der Waals surface area (Å²) in [5.41, 5.74) is 4.54. The van der Waals surface area contributed by atoms with E-state index < -0.39 is 0 Å². The maximum absolute atomic E-state index is 4.63. The highest BCUT2D eigenvalue weighted by Gasteiger charge is 2.12. The van der Waals surface area contributed by atoms with Gasteiger partial charge in [0, 0.05) is 18.3 Å². The number of aromatic nitrogens is 6. The van der Waals surface area contributed by atoms with Gasteiger partial charge in [0.1, 0.15) is 5.52 Å². The van der Waals surface area contributed by atoms with Gasteiger partial charge in [-0.25, -0.2) is 14.6 Å². The van der Waals surface area contributed by atoms with Crippen molar-refractivity contribution in [3.63, 3.8) is 0 Å². The molecule has 1 aromatic carbocycles. The van der Waals surface area contributed by atoms with Crippen LogP contribution in [0.3, 0.4) is 0 Å². The summed E-state index contributed by atoms with van der Waals surface area (Å²) in [5, 5.41) is 4.63. The summed E-state index contributed by atoms with van der Waals surface area (Å²) in [4.78, 5) is 13.2. The van der Waals surface area contributed by atoms with Crippen LogP contribution in [0.25, 0.3) is 28.4 Å². The van der Waals surface area contributed by atoms with Gasteiger partial charge in [0.15, 0.2) is 5.65 Å². The van der Waals surface area contributed by atoms with E-state index in [1.807, 2.05) is 54.9 Å². The van der Waals surface area contributed by atoms with Crippen LogP contribution >= 0.6 is 0 Å². The number of nitrogens with zero attached hydrogens (tertiary/aromatic N) is 6. The second-order valence-corrected chi connectivity index (χ2v) is 5.18. The van der Waals surface area contributed by atoms with Gasteiger partial charge in [-0.2, -0.15) is 10.1 Å². The van der Waals surface area contributed by atoms with E-state index in [2.05, 4.69) is 20.1 Å². The summed E-state index contributed by atoms with van der Waals surface area (Å²) in [6.07, 6.45) is 3.45. The van der Waals surface area contributed by atoms with Gasteiger partial charge in [-0.15, -0.1) is 0 Å². The van der Waals surface area contributed by atoms with Crippen molar-refractivity contribution in [2.24, 2.45) is 7.05 Å². The molecule has 108 valence electrons. The Morgan fingerprint density at radius 3 is 2.68 bits per heavy atom. The van der Waals surface area contributed by atoms with Crippen LogP contribution in [-0.4, -0.2) is 29.3 Å². The van der Waals surface area contributed by atoms with Gasteiger partial charge in [-0.1, -0.05) is 30.3 Å². The molecule has 0 unspecified atom stereocenters. The molecule has 0 saturated carbocycles. The Kier molecular flexibility index (Phi) is 2.75. The molecule has 0 atom stereocenters. The second-order valence-electron chi connectivity index (χ2n) is 5.18. The van der Waals surface area contributed by atoms with Crippen molar-refractivity contribution in [2.75, 3.05) is 0 Å². The number of imidazole rings is 1. The lowest BCUT2D eigenvalue weighted by Gasteiger charge is -2.02. The fourth-order valence-corrected chi connectivity index (χ4v) is 2.44. The van der Waals surface area contributed by atoms with Crippen molar-refractivity contribution in [1.82, 2.24) is 29.3 Å². The van der Waals surface area contributed by atoms with E-state index >= 15 is 0 Å². The molecule has 0 aliphatic carbocycles. The van der Waals surface area contributed by atoms with Crippen LogP contribution in [0.1, 0.15) is 5.69 Å². The molecular weight excluding hydrogens is 276 g/mol. The quantitative estimate of drug-likeness (QED) is 0.569. The zero-order valence-corrected chi connectivity index (χ0v) is 12.3. The van der Waals surface area contributed by atoms with Crippen molar-refractivity contribution in [3.8, 4) is 17.2 Å². The van der Waals surface area contributed by atoms with E-state index in [4.69, 9.17) is 0 Å². The summed E-state index contributed by atoms with van der Waals surface area (Å²) in [6, 6.07) is 12.1. The van der Waals surface area contributed by atoms with E-state index in [1.54, 1.807) is 17.2 Å². The van der Waals surface area contributed by atoms with Gasteiger partial charge in [0.25, 0.3) is 5.95 Å². The standard InChI is InChI=1S/C16H14N6/c1-11-8-13(12-6-4-3-5-7-12)20-22(11)16-17-9-14-15(19-16)21(2)10-18-14/h3-10H,1-2H3. The Morgan fingerprint density at radius 2 is 1.86 bits per heavy atom. The highest BCUT2D eigenvalue weighted by Crippen LogP contribution is 2.20. The van der Waals surface area contributed by atoms with E-state index in [1.165, 1.54) is 0 Å². The highest BCUT2D eigenvalue weighted by atomic mass is 15.4. The van der Waals surface area contributed by atoms with Gasteiger partial charge in [-0.05, 0) is 13.0 Å². The molecule has 22 heavy (non-hydrogen) atoms. The highest BCUT2D eigenvalue weighted by molar-refractivity contribution is 5.70. The summed E-state index contributed by atoms with van der Waals surface area (Å²) in [5.74, 6) is 0.552. The third-order valence-electron chi connectivity index (χ3n) is 3.59.